The number of carbonyl (C=O) groups is 3. The van der Waals surface area contributed by atoms with Crippen molar-refractivity contribution in [3.63, 3.8) is 0 Å². The maximum atomic E-state index is 13.5. The molecule has 0 spiro atoms. The first-order valence-corrected chi connectivity index (χ1v) is 15.1. The van der Waals surface area contributed by atoms with Crippen LogP contribution in [-0.4, -0.2) is 61.8 Å². The number of carboxylic acids is 1. The number of nitrogens with one attached hydrogen (secondary N) is 2. The van der Waals surface area contributed by atoms with Gasteiger partial charge in [-0.05, 0) is 59.5 Å². The summed E-state index contributed by atoms with van der Waals surface area (Å²) in [6.07, 6.45) is 1.33. The van der Waals surface area contributed by atoms with Crippen molar-refractivity contribution in [1.29, 1.82) is 0 Å². The van der Waals surface area contributed by atoms with Gasteiger partial charge in [0.05, 0.1) is 32.7 Å². The van der Waals surface area contributed by atoms with Crippen molar-refractivity contribution in [1.82, 2.24) is 15.5 Å². The van der Waals surface area contributed by atoms with Gasteiger partial charge in [0.25, 0.3) is 0 Å². The minimum atomic E-state index is -1.08. The number of nitrogens with zero attached hydrogens (tertiary/aromatic N) is 1. The van der Waals surface area contributed by atoms with Gasteiger partial charge < -0.3 is 39.4 Å². The number of carbonyl (C=O) groups excluding carboxylic acids is 2. The minimum Gasteiger partial charge on any atom is -0.497 e. The topological polar surface area (TPSA) is 145 Å². The van der Waals surface area contributed by atoms with E-state index < -0.39 is 30.2 Å². The number of ether oxygens (including phenoxy) is 5. The Hall–Kier alpha value is -5.13. The van der Waals surface area contributed by atoms with E-state index in [1.165, 1.54) is 0 Å². The molecule has 0 radical (unpaired) electrons. The Morgan fingerprint density at radius 1 is 0.870 bits per heavy atom. The number of amides is 3. The fourth-order valence-electron chi connectivity index (χ4n) is 4.94. The number of benzene rings is 3. The molecule has 46 heavy (non-hydrogen) atoms. The summed E-state index contributed by atoms with van der Waals surface area (Å²) < 4.78 is 27.0. The molecule has 0 fully saturated rings. The summed E-state index contributed by atoms with van der Waals surface area (Å²) in [6, 6.07) is 18.0. The van der Waals surface area contributed by atoms with Crippen LogP contribution in [0.15, 0.2) is 66.7 Å². The Balaban J connectivity index is 1.42. The van der Waals surface area contributed by atoms with Gasteiger partial charge in [0.2, 0.25) is 6.79 Å². The number of rotatable bonds is 16. The van der Waals surface area contributed by atoms with Crippen LogP contribution in [0.3, 0.4) is 0 Å². The molecular weight excluding hydrogens is 594 g/mol. The first-order valence-electron chi connectivity index (χ1n) is 15.1. The summed E-state index contributed by atoms with van der Waals surface area (Å²) >= 11 is 0. The molecule has 1 heterocycles. The van der Waals surface area contributed by atoms with Gasteiger partial charge in [-0.15, -0.1) is 0 Å². The van der Waals surface area contributed by atoms with Crippen molar-refractivity contribution >= 4 is 18.1 Å². The number of urea groups is 1. The van der Waals surface area contributed by atoms with E-state index in [1.807, 2.05) is 55.5 Å². The number of fused-ring (bicyclic) bond motifs is 1. The molecule has 0 unspecified atom stereocenters. The second kappa shape index (κ2) is 16.8. The van der Waals surface area contributed by atoms with Gasteiger partial charge in [0.15, 0.2) is 11.5 Å². The summed E-state index contributed by atoms with van der Waals surface area (Å²) in [7, 11) is 3.19. The molecular formula is C34H41N3O9. The number of carboxylic acid groups (broad SMARTS) is 1. The van der Waals surface area contributed by atoms with E-state index in [9.17, 15) is 19.5 Å². The molecule has 0 saturated heterocycles. The van der Waals surface area contributed by atoms with E-state index in [2.05, 4.69) is 10.6 Å². The second-order valence-corrected chi connectivity index (χ2v) is 10.8. The van der Waals surface area contributed by atoms with Gasteiger partial charge in [-0.3, -0.25) is 9.69 Å². The smallest absolute Gasteiger partial charge is 0.410 e. The van der Waals surface area contributed by atoms with Crippen LogP contribution in [0.4, 0.5) is 9.59 Å². The van der Waals surface area contributed by atoms with E-state index >= 15 is 0 Å². The monoisotopic (exact) mass is 635 g/mol. The summed E-state index contributed by atoms with van der Waals surface area (Å²) in [6.45, 7) is 2.61. The molecule has 12 nitrogen and oxygen atoms in total. The zero-order valence-electron chi connectivity index (χ0n) is 26.3. The first-order chi connectivity index (χ1) is 22.3. The highest BCUT2D eigenvalue weighted by Gasteiger charge is 2.24. The summed E-state index contributed by atoms with van der Waals surface area (Å²) in [5, 5.41) is 15.1. The third-order valence-corrected chi connectivity index (χ3v) is 7.46. The predicted molar refractivity (Wildman–Crippen MR) is 169 cm³/mol. The van der Waals surface area contributed by atoms with E-state index in [1.54, 1.807) is 37.3 Å². The lowest BCUT2D eigenvalue weighted by molar-refractivity contribution is -0.137. The minimum absolute atomic E-state index is 0.0679. The van der Waals surface area contributed by atoms with Crippen LogP contribution in [0, 0.1) is 0 Å². The lowest BCUT2D eigenvalue weighted by Crippen LogP contribution is -2.46. The molecule has 2 atom stereocenters. The average Bonchev–Trinajstić information content (AvgIpc) is 3.54. The standard InChI is InChI=1S/C34H41N3O9/c1-4-5-6-26(35-33(40)36-29(18-32(38)39)25-11-16-30-31(17-25)46-22-45-30)21-44-34(41)37(19-23-7-12-27(42-2)13-8-23)20-24-9-14-28(43-3)15-10-24/h7-17,26,29H,4-6,18-22H2,1-3H3,(H,38,39)(H2,35,36,40)/t26-,29-/m0/s1. The van der Waals surface area contributed by atoms with Gasteiger partial charge in [0.1, 0.15) is 18.1 Å². The molecule has 3 N–H and O–H groups in total. The SMILES string of the molecule is CCCC[C@@H](COC(=O)N(Cc1ccc(OC)cc1)Cc1ccc(OC)cc1)NC(=O)N[C@@H](CC(=O)O)c1ccc2c(c1)OCO2. The number of aliphatic carboxylic acids is 1. The number of unbranched alkanes of at least 4 members (excludes halogenated alkanes) is 1. The predicted octanol–water partition coefficient (Wildman–Crippen LogP) is 5.65. The highest BCUT2D eigenvalue weighted by atomic mass is 16.7. The lowest BCUT2D eigenvalue weighted by Gasteiger charge is -2.26. The van der Waals surface area contributed by atoms with Crippen molar-refractivity contribution < 1.29 is 43.2 Å². The Kier molecular flexibility index (Phi) is 12.3. The molecule has 3 amide bonds. The maximum Gasteiger partial charge on any atom is 0.410 e. The van der Waals surface area contributed by atoms with Gasteiger partial charge >= 0.3 is 18.1 Å². The maximum absolute atomic E-state index is 13.5. The van der Waals surface area contributed by atoms with Gasteiger partial charge in [-0.1, -0.05) is 50.1 Å². The molecule has 0 aliphatic carbocycles. The highest BCUT2D eigenvalue weighted by molar-refractivity contribution is 5.76. The van der Waals surface area contributed by atoms with Crippen LogP contribution in [0.25, 0.3) is 0 Å². The molecule has 4 rings (SSSR count). The summed E-state index contributed by atoms with van der Waals surface area (Å²) in [5.41, 5.74) is 2.34. The summed E-state index contributed by atoms with van der Waals surface area (Å²) in [5.74, 6) is 1.38. The molecule has 0 bridgehead atoms. The van der Waals surface area contributed by atoms with Crippen LogP contribution in [0.5, 0.6) is 23.0 Å². The Morgan fingerprint density at radius 3 is 2.04 bits per heavy atom. The van der Waals surface area contributed by atoms with Crippen LogP contribution < -0.4 is 29.6 Å². The fraction of sp³-hybridized carbons (Fsp3) is 0.382. The Bertz CT molecular complexity index is 1400. The van der Waals surface area contributed by atoms with E-state index in [4.69, 9.17) is 23.7 Å². The fourth-order valence-corrected chi connectivity index (χ4v) is 4.94. The second-order valence-electron chi connectivity index (χ2n) is 10.8. The average molecular weight is 636 g/mol. The van der Waals surface area contributed by atoms with Gasteiger partial charge in [-0.25, -0.2) is 9.59 Å². The molecule has 3 aromatic carbocycles. The molecule has 3 aromatic rings. The van der Waals surface area contributed by atoms with Crippen molar-refractivity contribution in [3.05, 3.63) is 83.4 Å². The number of hydrogen-bond donors (Lipinski definition) is 3. The molecule has 0 aromatic heterocycles. The lowest BCUT2D eigenvalue weighted by atomic mass is 10.0. The quantitative estimate of drug-likeness (QED) is 0.182. The van der Waals surface area contributed by atoms with Crippen LogP contribution in [0.1, 0.15) is 55.3 Å². The van der Waals surface area contributed by atoms with Crippen LogP contribution in [0.2, 0.25) is 0 Å². The normalized spacial score (nSPS) is 12.8. The molecule has 1 aliphatic heterocycles. The first kappa shape index (κ1) is 33.8. The Morgan fingerprint density at radius 2 is 1.48 bits per heavy atom. The molecule has 12 heteroatoms. The highest BCUT2D eigenvalue weighted by Crippen LogP contribution is 2.34. The largest absolute Gasteiger partial charge is 0.497 e. The van der Waals surface area contributed by atoms with Crippen molar-refractivity contribution in [2.24, 2.45) is 0 Å². The van der Waals surface area contributed by atoms with Crippen LogP contribution >= 0.6 is 0 Å². The van der Waals surface area contributed by atoms with E-state index in [0.29, 0.717) is 35.0 Å². The third-order valence-electron chi connectivity index (χ3n) is 7.46. The van der Waals surface area contributed by atoms with E-state index in [0.717, 1.165) is 24.0 Å². The van der Waals surface area contributed by atoms with Crippen molar-refractivity contribution in [2.45, 2.75) is 57.8 Å². The van der Waals surface area contributed by atoms with Gasteiger partial charge in [0, 0.05) is 13.1 Å². The number of hydrogen-bond acceptors (Lipinski definition) is 8. The number of methoxy groups -OCH3 is 2. The van der Waals surface area contributed by atoms with Crippen LogP contribution in [-0.2, 0) is 22.6 Å². The zero-order chi connectivity index (χ0) is 32.9. The molecule has 0 saturated carbocycles. The van der Waals surface area contributed by atoms with Crippen molar-refractivity contribution in [3.8, 4) is 23.0 Å². The Labute approximate surface area is 268 Å². The molecule has 1 aliphatic rings. The zero-order valence-corrected chi connectivity index (χ0v) is 26.3. The summed E-state index contributed by atoms with van der Waals surface area (Å²) in [4.78, 5) is 39.8. The third kappa shape index (κ3) is 9.94. The van der Waals surface area contributed by atoms with Crippen molar-refractivity contribution in [2.75, 3.05) is 27.6 Å². The molecule has 246 valence electrons. The van der Waals surface area contributed by atoms with E-state index in [-0.39, 0.29) is 32.9 Å². The van der Waals surface area contributed by atoms with Gasteiger partial charge in [-0.2, -0.15) is 0 Å².